The molecule has 0 saturated carbocycles. The molecule has 0 aromatic carbocycles. The van der Waals surface area contributed by atoms with Crippen LogP contribution in [-0.2, 0) is 0 Å². The summed E-state index contributed by atoms with van der Waals surface area (Å²) in [6.07, 6.45) is 1.87. The quantitative estimate of drug-likeness (QED) is 0.515. The summed E-state index contributed by atoms with van der Waals surface area (Å²) in [6, 6.07) is 6.15. The van der Waals surface area contributed by atoms with Gasteiger partial charge in [0.1, 0.15) is 3.70 Å². The number of fused-ring (bicyclic) bond motifs is 1. The minimum Gasteiger partial charge on any atom is -0.226 e. The lowest BCUT2D eigenvalue weighted by atomic mass is 10.4. The van der Waals surface area contributed by atoms with Gasteiger partial charge >= 0.3 is 0 Å². The second-order valence-corrected chi connectivity index (χ2v) is 4.41. The zero-order valence-electron chi connectivity index (χ0n) is 5.46. The standard InChI is InChI=1S/C7H4I2N2/c8-5-4-10-11-6(5)2-1-3-7(11)9/h1-4H. The fourth-order valence-electron chi connectivity index (χ4n) is 0.948. The van der Waals surface area contributed by atoms with Crippen LogP contribution >= 0.6 is 45.2 Å². The molecule has 0 fully saturated rings. The van der Waals surface area contributed by atoms with E-state index in [0.717, 1.165) is 3.70 Å². The summed E-state index contributed by atoms with van der Waals surface area (Å²) in [5, 5.41) is 4.22. The van der Waals surface area contributed by atoms with Crippen LogP contribution in [0.15, 0.2) is 24.4 Å². The van der Waals surface area contributed by atoms with E-state index in [-0.39, 0.29) is 0 Å². The van der Waals surface area contributed by atoms with Gasteiger partial charge in [-0.05, 0) is 57.3 Å². The Morgan fingerprint density at radius 3 is 2.82 bits per heavy atom. The van der Waals surface area contributed by atoms with E-state index in [1.165, 1.54) is 9.09 Å². The molecular formula is C7H4I2N2. The van der Waals surface area contributed by atoms with Crippen LogP contribution in [0.3, 0.4) is 0 Å². The maximum atomic E-state index is 4.22. The average Bonchev–Trinajstić information content (AvgIpc) is 2.35. The summed E-state index contributed by atoms with van der Waals surface area (Å²) < 4.78 is 4.27. The third kappa shape index (κ3) is 1.26. The molecule has 11 heavy (non-hydrogen) atoms. The van der Waals surface area contributed by atoms with Crippen LogP contribution in [0.1, 0.15) is 0 Å². The molecule has 0 aliphatic rings. The largest absolute Gasteiger partial charge is 0.226 e. The van der Waals surface area contributed by atoms with E-state index in [9.17, 15) is 0 Å². The lowest BCUT2D eigenvalue weighted by Crippen LogP contribution is -1.90. The van der Waals surface area contributed by atoms with Crippen molar-refractivity contribution in [3.05, 3.63) is 31.7 Å². The van der Waals surface area contributed by atoms with E-state index in [4.69, 9.17) is 0 Å². The van der Waals surface area contributed by atoms with Crippen molar-refractivity contribution < 1.29 is 0 Å². The summed E-state index contributed by atoms with van der Waals surface area (Å²) in [7, 11) is 0. The number of pyridine rings is 1. The van der Waals surface area contributed by atoms with Crippen molar-refractivity contribution in [2.24, 2.45) is 0 Å². The molecule has 2 aromatic rings. The summed E-state index contributed by atoms with van der Waals surface area (Å²) in [5.74, 6) is 0. The van der Waals surface area contributed by atoms with E-state index in [2.05, 4.69) is 56.3 Å². The zero-order valence-corrected chi connectivity index (χ0v) is 9.77. The van der Waals surface area contributed by atoms with Crippen molar-refractivity contribution in [1.29, 1.82) is 0 Å². The Kier molecular flexibility index (Phi) is 2.04. The Morgan fingerprint density at radius 1 is 1.27 bits per heavy atom. The molecule has 0 saturated heterocycles. The Balaban J connectivity index is 2.94. The molecule has 2 nitrogen and oxygen atoms in total. The molecule has 0 aliphatic heterocycles. The van der Waals surface area contributed by atoms with Crippen LogP contribution in [0.4, 0.5) is 0 Å². The minimum atomic E-state index is 1.14. The van der Waals surface area contributed by atoms with Gasteiger partial charge in [-0.15, -0.1) is 0 Å². The SMILES string of the molecule is Ic1cnn2c(I)cccc12. The fourth-order valence-corrected chi connectivity index (χ4v) is 2.07. The van der Waals surface area contributed by atoms with Crippen LogP contribution in [-0.4, -0.2) is 9.61 Å². The van der Waals surface area contributed by atoms with E-state index in [1.54, 1.807) is 0 Å². The van der Waals surface area contributed by atoms with Gasteiger partial charge in [0, 0.05) is 0 Å². The number of halogens is 2. The lowest BCUT2D eigenvalue weighted by molar-refractivity contribution is 0.933. The second-order valence-electron chi connectivity index (χ2n) is 2.14. The van der Waals surface area contributed by atoms with Gasteiger partial charge in [-0.2, -0.15) is 5.10 Å². The highest BCUT2D eigenvalue weighted by Crippen LogP contribution is 2.15. The second kappa shape index (κ2) is 2.89. The topological polar surface area (TPSA) is 17.3 Å². The summed E-state index contributed by atoms with van der Waals surface area (Å²) in [4.78, 5) is 0. The highest BCUT2D eigenvalue weighted by molar-refractivity contribution is 14.1. The number of hydrogen-bond donors (Lipinski definition) is 0. The first kappa shape index (κ1) is 7.78. The highest BCUT2D eigenvalue weighted by Gasteiger charge is 2.00. The molecule has 56 valence electrons. The van der Waals surface area contributed by atoms with Gasteiger partial charge in [0.15, 0.2) is 0 Å². The lowest BCUT2D eigenvalue weighted by Gasteiger charge is -1.94. The molecule has 0 bridgehead atoms. The molecule has 0 atom stereocenters. The van der Waals surface area contributed by atoms with Gasteiger partial charge < -0.3 is 0 Å². The predicted molar refractivity (Wildman–Crippen MR) is 60.6 cm³/mol. The fraction of sp³-hybridized carbons (Fsp3) is 0. The Morgan fingerprint density at radius 2 is 2.09 bits per heavy atom. The maximum absolute atomic E-state index is 4.22. The molecule has 4 heteroatoms. The predicted octanol–water partition coefficient (Wildman–Crippen LogP) is 2.54. The molecule has 0 aliphatic carbocycles. The smallest absolute Gasteiger partial charge is 0.103 e. The Bertz CT molecular complexity index is 394. The first-order valence-corrected chi connectivity index (χ1v) is 5.22. The molecule has 2 aromatic heterocycles. The Hall–Kier alpha value is 0.150. The summed E-state index contributed by atoms with van der Waals surface area (Å²) in [5.41, 5.74) is 1.18. The van der Waals surface area contributed by atoms with Gasteiger partial charge in [0.2, 0.25) is 0 Å². The van der Waals surface area contributed by atoms with Gasteiger partial charge in [-0.1, -0.05) is 6.07 Å². The van der Waals surface area contributed by atoms with Gasteiger partial charge in [0.05, 0.1) is 15.3 Å². The first-order chi connectivity index (χ1) is 5.29. The maximum Gasteiger partial charge on any atom is 0.103 e. The molecular weight excluding hydrogens is 366 g/mol. The number of nitrogens with zero attached hydrogens (tertiary/aromatic N) is 2. The number of aromatic nitrogens is 2. The monoisotopic (exact) mass is 370 g/mol. The van der Waals surface area contributed by atoms with E-state index in [0.29, 0.717) is 0 Å². The van der Waals surface area contributed by atoms with E-state index in [1.807, 2.05) is 22.8 Å². The van der Waals surface area contributed by atoms with Gasteiger partial charge in [-0.3, -0.25) is 0 Å². The van der Waals surface area contributed by atoms with Crippen LogP contribution in [0.5, 0.6) is 0 Å². The average molecular weight is 370 g/mol. The molecule has 0 spiro atoms. The van der Waals surface area contributed by atoms with Crippen LogP contribution in [0.2, 0.25) is 0 Å². The normalized spacial score (nSPS) is 10.7. The van der Waals surface area contributed by atoms with Crippen molar-refractivity contribution in [3.8, 4) is 0 Å². The van der Waals surface area contributed by atoms with Crippen molar-refractivity contribution in [2.75, 3.05) is 0 Å². The van der Waals surface area contributed by atoms with Crippen molar-refractivity contribution in [1.82, 2.24) is 9.61 Å². The molecule has 2 heterocycles. The van der Waals surface area contributed by atoms with Crippen LogP contribution < -0.4 is 0 Å². The molecule has 0 unspecified atom stereocenters. The third-order valence-electron chi connectivity index (χ3n) is 1.45. The molecule has 0 radical (unpaired) electrons. The Labute approximate surface area is 91.3 Å². The minimum absolute atomic E-state index is 1.14. The van der Waals surface area contributed by atoms with Crippen molar-refractivity contribution in [3.63, 3.8) is 0 Å². The van der Waals surface area contributed by atoms with Crippen LogP contribution in [0, 0.1) is 7.27 Å². The molecule has 0 N–H and O–H groups in total. The van der Waals surface area contributed by atoms with Crippen LogP contribution in [0.25, 0.3) is 5.52 Å². The van der Waals surface area contributed by atoms with E-state index >= 15 is 0 Å². The van der Waals surface area contributed by atoms with Gasteiger partial charge in [0.25, 0.3) is 0 Å². The third-order valence-corrected chi connectivity index (χ3v) is 3.10. The first-order valence-electron chi connectivity index (χ1n) is 3.07. The number of hydrogen-bond acceptors (Lipinski definition) is 1. The van der Waals surface area contributed by atoms with Crippen molar-refractivity contribution >= 4 is 50.7 Å². The van der Waals surface area contributed by atoms with Crippen molar-refractivity contribution in [2.45, 2.75) is 0 Å². The number of rotatable bonds is 0. The highest BCUT2D eigenvalue weighted by atomic mass is 127. The molecule has 0 amide bonds. The zero-order chi connectivity index (χ0) is 7.84. The summed E-state index contributed by atoms with van der Waals surface area (Å²) >= 11 is 4.55. The van der Waals surface area contributed by atoms with E-state index < -0.39 is 0 Å². The summed E-state index contributed by atoms with van der Waals surface area (Å²) in [6.45, 7) is 0. The molecule has 2 rings (SSSR count). The van der Waals surface area contributed by atoms with Gasteiger partial charge in [-0.25, -0.2) is 4.52 Å².